The zero-order chi connectivity index (χ0) is 13.5. The number of carboxylic acid groups (broad SMARTS) is 1. The van der Waals surface area contributed by atoms with E-state index in [1.54, 1.807) is 0 Å². The van der Waals surface area contributed by atoms with Crippen molar-refractivity contribution >= 4 is 5.97 Å². The molecule has 88 valence electrons. The van der Waals surface area contributed by atoms with Crippen molar-refractivity contribution in [2.75, 3.05) is 0 Å². The van der Waals surface area contributed by atoms with Crippen LogP contribution >= 0.6 is 0 Å². The van der Waals surface area contributed by atoms with Crippen molar-refractivity contribution < 1.29 is 9.90 Å². The van der Waals surface area contributed by atoms with E-state index in [-0.39, 0.29) is 6.42 Å². The number of aliphatic carboxylic acids is 1. The van der Waals surface area contributed by atoms with E-state index in [1.165, 1.54) is 0 Å². The van der Waals surface area contributed by atoms with Gasteiger partial charge in [-0.3, -0.25) is 0 Å². The molecule has 2 nitrogen and oxygen atoms in total. The third-order valence-corrected chi connectivity index (χ3v) is 1.72. The minimum Gasteiger partial charge on any atom is -0.550 e. The minimum absolute atomic E-state index is 0.113. The van der Waals surface area contributed by atoms with E-state index in [1.807, 2.05) is 0 Å². The highest BCUT2D eigenvalue weighted by atomic mass is 16.4. The summed E-state index contributed by atoms with van der Waals surface area (Å²) in [5.74, 6) is 21.4. The number of rotatable bonds is 5. The molecule has 0 heterocycles. The van der Waals surface area contributed by atoms with Crippen molar-refractivity contribution in [2.24, 2.45) is 0 Å². The maximum atomic E-state index is 10.1. The smallest absolute Gasteiger partial charge is 0.0414 e. The Labute approximate surface area is 108 Å². The molecule has 0 saturated heterocycles. The molecule has 0 N–H and O–H groups in total. The number of terminal acetylenes is 1. The summed E-state index contributed by atoms with van der Waals surface area (Å²) in [6.07, 6.45) is 8.03. The molecule has 0 aromatic heterocycles. The maximum Gasteiger partial charge on any atom is 0.0414 e. The lowest BCUT2D eigenvalue weighted by molar-refractivity contribution is -0.305. The summed E-state index contributed by atoms with van der Waals surface area (Å²) in [5, 5.41) is 10.1. The molecular weight excluding hydrogens is 224 g/mol. The van der Waals surface area contributed by atoms with Crippen LogP contribution in [0.5, 0.6) is 0 Å². The first kappa shape index (κ1) is 15.3. The average molecular weight is 235 g/mol. The van der Waals surface area contributed by atoms with Crippen LogP contribution in [0.25, 0.3) is 0 Å². The molecule has 0 amide bonds. The molecule has 0 aliphatic heterocycles. The molecule has 0 spiro atoms. The quantitative estimate of drug-likeness (QED) is 0.509. The van der Waals surface area contributed by atoms with Crippen LogP contribution < -0.4 is 5.11 Å². The molecule has 0 fully saturated rings. The summed E-state index contributed by atoms with van der Waals surface area (Å²) in [4.78, 5) is 10.1. The maximum absolute atomic E-state index is 10.1. The van der Waals surface area contributed by atoms with Gasteiger partial charge in [0.1, 0.15) is 0 Å². The van der Waals surface area contributed by atoms with Crippen LogP contribution in [0.2, 0.25) is 0 Å². The highest BCUT2D eigenvalue weighted by molar-refractivity contribution is 5.64. The topological polar surface area (TPSA) is 40.1 Å². The van der Waals surface area contributed by atoms with Gasteiger partial charge in [-0.1, -0.05) is 12.3 Å². The summed E-state index contributed by atoms with van der Waals surface area (Å²) in [7, 11) is 0. The Balaban J connectivity index is 3.67. The van der Waals surface area contributed by atoms with Crippen molar-refractivity contribution in [3.63, 3.8) is 0 Å². The molecule has 0 bridgehead atoms. The summed E-state index contributed by atoms with van der Waals surface area (Å²) in [6, 6.07) is 0. The molecule has 0 atom stereocenters. The Hall–Kier alpha value is -2.73. The largest absolute Gasteiger partial charge is 0.550 e. The van der Waals surface area contributed by atoms with E-state index in [0.717, 1.165) is 12.8 Å². The molecule has 0 aliphatic carbocycles. The highest BCUT2D eigenvalue weighted by Crippen LogP contribution is 2.00. The monoisotopic (exact) mass is 235 g/mol. The number of unbranched alkanes of at least 4 members (excludes halogenated alkanes) is 3. The summed E-state index contributed by atoms with van der Waals surface area (Å²) >= 11 is 0. The lowest BCUT2D eigenvalue weighted by atomic mass is 10.1. The molecule has 2 heteroatoms. The predicted octanol–water partition coefficient (Wildman–Crippen LogP) is 0.334. The van der Waals surface area contributed by atoms with Crippen LogP contribution in [0.1, 0.15) is 32.1 Å². The first-order valence-electron chi connectivity index (χ1n) is 5.40. The number of hydrogen-bond donors (Lipinski definition) is 0. The SMILES string of the molecule is C#CC#CC#CC#CC#CCCCCCC(=O)[O-]. The van der Waals surface area contributed by atoms with Crippen LogP contribution in [-0.2, 0) is 4.79 Å². The Morgan fingerprint density at radius 2 is 1.50 bits per heavy atom. The third kappa shape index (κ3) is 13.3. The van der Waals surface area contributed by atoms with Crippen molar-refractivity contribution in [3.8, 4) is 59.7 Å². The Bertz CT molecular complexity index is 546. The number of carbonyl (C=O) groups is 1. The molecule has 18 heavy (non-hydrogen) atoms. The number of carbonyl (C=O) groups excluding carboxylic acids is 1. The second kappa shape index (κ2) is 12.3. The first-order chi connectivity index (χ1) is 8.77. The average Bonchev–Trinajstić information content (AvgIpc) is 2.34. The molecule has 0 unspecified atom stereocenters. The van der Waals surface area contributed by atoms with Gasteiger partial charge >= 0.3 is 0 Å². The fourth-order valence-electron chi connectivity index (χ4n) is 0.959. The van der Waals surface area contributed by atoms with E-state index in [4.69, 9.17) is 6.42 Å². The van der Waals surface area contributed by atoms with Crippen molar-refractivity contribution in [1.29, 1.82) is 0 Å². The normalized spacial score (nSPS) is 6.61. The van der Waals surface area contributed by atoms with Crippen LogP contribution in [0.4, 0.5) is 0 Å². The molecule has 0 aromatic rings. The second-order valence-corrected chi connectivity index (χ2v) is 3.13. The third-order valence-electron chi connectivity index (χ3n) is 1.72. The predicted molar refractivity (Wildman–Crippen MR) is 68.0 cm³/mol. The van der Waals surface area contributed by atoms with Crippen LogP contribution in [0, 0.1) is 59.7 Å². The highest BCUT2D eigenvalue weighted by Gasteiger charge is 1.88. The van der Waals surface area contributed by atoms with Gasteiger partial charge in [-0.25, -0.2) is 0 Å². The van der Waals surface area contributed by atoms with E-state index in [9.17, 15) is 9.90 Å². The van der Waals surface area contributed by atoms with E-state index < -0.39 is 5.97 Å². The van der Waals surface area contributed by atoms with Crippen LogP contribution in [0.15, 0.2) is 0 Å². The van der Waals surface area contributed by atoms with Gasteiger partial charge in [0, 0.05) is 12.4 Å². The molecule has 0 aliphatic rings. The lowest BCUT2D eigenvalue weighted by Crippen LogP contribution is -2.21. The first-order valence-corrected chi connectivity index (χ1v) is 5.40. The van der Waals surface area contributed by atoms with E-state index in [2.05, 4.69) is 53.3 Å². The van der Waals surface area contributed by atoms with Gasteiger partial charge < -0.3 is 9.90 Å². The summed E-state index contributed by atoms with van der Waals surface area (Å²) in [6.45, 7) is 0. The number of hydrogen-bond acceptors (Lipinski definition) is 2. The standard InChI is InChI=1S/C16H12O2/c1-2-3-4-5-6-7-8-9-10-11-12-13-14-15-16(17)18/h1H,11-15H2,(H,17,18)/p-1. The Morgan fingerprint density at radius 3 is 2.11 bits per heavy atom. The Morgan fingerprint density at radius 1 is 0.889 bits per heavy atom. The fourth-order valence-corrected chi connectivity index (χ4v) is 0.959. The van der Waals surface area contributed by atoms with Gasteiger partial charge in [-0.05, 0) is 66.6 Å². The van der Waals surface area contributed by atoms with Gasteiger partial charge in [0.15, 0.2) is 0 Å². The van der Waals surface area contributed by atoms with Crippen LogP contribution in [0.3, 0.4) is 0 Å². The van der Waals surface area contributed by atoms with E-state index in [0.29, 0.717) is 12.8 Å². The van der Waals surface area contributed by atoms with Crippen LogP contribution in [-0.4, -0.2) is 5.97 Å². The van der Waals surface area contributed by atoms with Gasteiger partial charge in [-0.2, -0.15) is 0 Å². The fraction of sp³-hybridized carbons (Fsp3) is 0.312. The molecule has 0 saturated carbocycles. The van der Waals surface area contributed by atoms with E-state index >= 15 is 0 Å². The molecule has 0 radical (unpaired) electrons. The molecule has 0 aromatic carbocycles. The Kier molecular flexibility index (Phi) is 10.5. The number of carboxylic acids is 1. The molecular formula is C16H11O2-. The van der Waals surface area contributed by atoms with Gasteiger partial charge in [0.05, 0.1) is 0 Å². The zero-order valence-corrected chi connectivity index (χ0v) is 9.93. The van der Waals surface area contributed by atoms with Crippen molar-refractivity contribution in [3.05, 3.63) is 0 Å². The zero-order valence-electron chi connectivity index (χ0n) is 9.93. The van der Waals surface area contributed by atoms with Gasteiger partial charge in [0.2, 0.25) is 0 Å². The van der Waals surface area contributed by atoms with Crippen molar-refractivity contribution in [2.45, 2.75) is 32.1 Å². The lowest BCUT2D eigenvalue weighted by Gasteiger charge is -1.99. The minimum atomic E-state index is -1.00. The van der Waals surface area contributed by atoms with Gasteiger partial charge in [0.25, 0.3) is 0 Å². The molecule has 0 rings (SSSR count). The summed E-state index contributed by atoms with van der Waals surface area (Å²) in [5.41, 5.74) is 0. The van der Waals surface area contributed by atoms with Crippen molar-refractivity contribution in [1.82, 2.24) is 0 Å². The van der Waals surface area contributed by atoms with Gasteiger partial charge in [-0.15, -0.1) is 6.42 Å². The second-order valence-electron chi connectivity index (χ2n) is 3.13. The summed E-state index contributed by atoms with van der Waals surface area (Å²) < 4.78 is 0.